The molecule has 0 saturated carbocycles. The molecule has 0 radical (unpaired) electrons. The Hall–Kier alpha value is -5.40. The number of hydrogen-bond acceptors (Lipinski definition) is 2. The molecule has 1 aliphatic rings. The molecule has 0 amide bonds. The molecule has 0 spiro atoms. The molecule has 1 aliphatic carbocycles. The van der Waals surface area contributed by atoms with E-state index in [1.165, 1.54) is 33.2 Å². The summed E-state index contributed by atoms with van der Waals surface area (Å²) in [6.45, 7) is 2.32. The zero-order valence-corrected chi connectivity index (χ0v) is 22.6. The van der Waals surface area contributed by atoms with Crippen LogP contribution in [0.5, 0.6) is 0 Å². The average Bonchev–Trinajstić information content (AvgIpc) is 3.55. The maximum absolute atomic E-state index is 9.27. The zero-order chi connectivity index (χ0) is 27.5. The number of pyridine rings is 1. The van der Waals surface area contributed by atoms with E-state index in [9.17, 15) is 5.26 Å². The van der Waals surface area contributed by atoms with E-state index < -0.39 is 0 Å². The van der Waals surface area contributed by atoms with Gasteiger partial charge in [0.25, 0.3) is 0 Å². The number of nitrogens with zero attached hydrogens (tertiary/aromatic N) is 4. The number of nitriles is 1. The summed E-state index contributed by atoms with van der Waals surface area (Å²) in [5, 5.41) is 12.9. The molecule has 0 bridgehead atoms. The Balaban J connectivity index is 1.33. The van der Waals surface area contributed by atoms with Crippen molar-refractivity contribution in [3.63, 3.8) is 0 Å². The van der Waals surface area contributed by atoms with Crippen molar-refractivity contribution in [2.24, 2.45) is 0 Å². The first kappa shape index (κ1) is 23.5. The molecule has 4 nitrogen and oxygen atoms in total. The third-order valence-electron chi connectivity index (χ3n) is 8.41. The Morgan fingerprint density at radius 3 is 2.32 bits per heavy atom. The Morgan fingerprint density at radius 2 is 1.49 bits per heavy atom. The largest absolute Gasteiger partial charge is 0.313 e. The highest BCUT2D eigenvalue weighted by atomic mass is 15.0. The monoisotopic (exact) mass is 526 g/mol. The van der Waals surface area contributed by atoms with Crippen molar-refractivity contribution < 1.29 is 0 Å². The van der Waals surface area contributed by atoms with Gasteiger partial charge in [0, 0.05) is 50.3 Å². The van der Waals surface area contributed by atoms with Crippen molar-refractivity contribution in [1.29, 1.82) is 5.26 Å². The highest BCUT2D eigenvalue weighted by Gasteiger charge is 2.24. The minimum absolute atomic E-state index is 0.439. The predicted octanol–water partition coefficient (Wildman–Crippen LogP) is 9.18. The summed E-state index contributed by atoms with van der Waals surface area (Å²) >= 11 is 0. The van der Waals surface area contributed by atoms with Gasteiger partial charge in [0.05, 0.1) is 40.1 Å². The topological polar surface area (TPSA) is 46.5 Å². The number of para-hydroxylation sites is 2. The van der Waals surface area contributed by atoms with Gasteiger partial charge < -0.3 is 9.13 Å². The summed E-state index contributed by atoms with van der Waals surface area (Å²) in [4.78, 5) is 4.99. The van der Waals surface area contributed by atoms with Gasteiger partial charge in [-0.25, -0.2) is 0 Å². The fourth-order valence-corrected chi connectivity index (χ4v) is 6.50. The van der Waals surface area contributed by atoms with Gasteiger partial charge in [-0.3, -0.25) is 4.98 Å². The van der Waals surface area contributed by atoms with Crippen LogP contribution in [0.3, 0.4) is 0 Å². The molecule has 1 unspecified atom stereocenters. The zero-order valence-electron chi connectivity index (χ0n) is 22.6. The van der Waals surface area contributed by atoms with Crippen molar-refractivity contribution in [1.82, 2.24) is 14.1 Å². The quantitative estimate of drug-likeness (QED) is 0.230. The number of fused-ring (bicyclic) bond motifs is 6. The standard InChI is InChI=1S/C37H26N4/c1-24-8-7-12-30-31-20-26(16-19-35(31)41(37(24)30)27-9-3-2-4-10-27)33-21-32-29-11-5-6-13-34(29)40(36(32)23-39-33)28-17-14-25(22-38)15-18-28/h2-7,9-21,23-24H,8H2,1H3. The summed E-state index contributed by atoms with van der Waals surface area (Å²) in [7, 11) is 0. The van der Waals surface area contributed by atoms with Crippen LogP contribution in [-0.2, 0) is 0 Å². The maximum atomic E-state index is 9.27. The summed E-state index contributed by atoms with van der Waals surface area (Å²) in [6.07, 6.45) is 7.63. The van der Waals surface area contributed by atoms with Crippen LogP contribution in [-0.4, -0.2) is 14.1 Å². The number of hydrogen-bond donors (Lipinski definition) is 0. The van der Waals surface area contributed by atoms with E-state index >= 15 is 0 Å². The van der Waals surface area contributed by atoms with E-state index in [1.54, 1.807) is 0 Å². The van der Waals surface area contributed by atoms with Crippen LogP contribution in [0.4, 0.5) is 0 Å². The number of rotatable bonds is 3. The van der Waals surface area contributed by atoms with Gasteiger partial charge in [0.1, 0.15) is 0 Å². The number of allylic oxidation sites excluding steroid dienone is 1. The molecular formula is C37H26N4. The maximum Gasteiger partial charge on any atom is 0.0991 e. The van der Waals surface area contributed by atoms with Crippen molar-refractivity contribution in [3.05, 3.63) is 132 Å². The smallest absolute Gasteiger partial charge is 0.0991 e. The predicted molar refractivity (Wildman–Crippen MR) is 168 cm³/mol. The Bertz CT molecular complexity index is 2190. The molecule has 3 heterocycles. The van der Waals surface area contributed by atoms with Crippen molar-refractivity contribution in [3.8, 4) is 28.7 Å². The molecular weight excluding hydrogens is 500 g/mol. The minimum Gasteiger partial charge on any atom is -0.313 e. The van der Waals surface area contributed by atoms with Gasteiger partial charge in [0.2, 0.25) is 0 Å². The molecule has 41 heavy (non-hydrogen) atoms. The van der Waals surface area contributed by atoms with Crippen LogP contribution in [0.25, 0.3) is 61.4 Å². The van der Waals surface area contributed by atoms with E-state index in [1.807, 2.05) is 30.5 Å². The lowest BCUT2D eigenvalue weighted by atomic mass is 9.93. The molecule has 4 aromatic carbocycles. The SMILES string of the molecule is CC1CC=Cc2c1n(-c1ccccc1)c1ccc(-c3cc4c5ccccc5n(-c5ccc(C#N)cc5)c4cn3)cc21. The molecule has 1 atom stereocenters. The van der Waals surface area contributed by atoms with Crippen molar-refractivity contribution >= 4 is 38.8 Å². The van der Waals surface area contributed by atoms with Crippen LogP contribution < -0.4 is 0 Å². The summed E-state index contributed by atoms with van der Waals surface area (Å²) in [5.74, 6) is 0.439. The van der Waals surface area contributed by atoms with Crippen LogP contribution in [0, 0.1) is 11.3 Å². The lowest BCUT2D eigenvalue weighted by Gasteiger charge is -2.19. The Kier molecular flexibility index (Phi) is 5.20. The first-order valence-corrected chi connectivity index (χ1v) is 14.0. The lowest BCUT2D eigenvalue weighted by molar-refractivity contribution is 0.723. The number of aromatic nitrogens is 3. The normalized spacial score (nSPS) is 14.5. The third-order valence-corrected chi connectivity index (χ3v) is 8.41. The molecule has 194 valence electrons. The van der Waals surface area contributed by atoms with Gasteiger partial charge in [-0.15, -0.1) is 0 Å². The summed E-state index contributed by atoms with van der Waals surface area (Å²) in [5.41, 5.74) is 11.0. The van der Waals surface area contributed by atoms with Gasteiger partial charge in [-0.05, 0) is 67.1 Å². The fraction of sp³-hybridized carbons (Fsp3) is 0.0811. The van der Waals surface area contributed by atoms with Gasteiger partial charge in [0.15, 0.2) is 0 Å². The highest BCUT2D eigenvalue weighted by Crippen LogP contribution is 2.41. The van der Waals surface area contributed by atoms with Crippen LogP contribution in [0.2, 0.25) is 0 Å². The van der Waals surface area contributed by atoms with E-state index in [2.05, 4.69) is 113 Å². The molecule has 4 heteroatoms. The van der Waals surface area contributed by atoms with E-state index in [-0.39, 0.29) is 0 Å². The van der Waals surface area contributed by atoms with Crippen molar-refractivity contribution in [2.75, 3.05) is 0 Å². The fourth-order valence-electron chi connectivity index (χ4n) is 6.50. The minimum atomic E-state index is 0.439. The second kappa shape index (κ2) is 9.08. The molecule has 0 saturated heterocycles. The van der Waals surface area contributed by atoms with Crippen LogP contribution >= 0.6 is 0 Å². The molecule has 0 N–H and O–H groups in total. The first-order chi connectivity index (χ1) is 20.2. The summed E-state index contributed by atoms with van der Waals surface area (Å²) in [6, 6.07) is 38.1. The van der Waals surface area contributed by atoms with E-state index in [0.29, 0.717) is 11.5 Å². The van der Waals surface area contributed by atoms with Crippen LogP contribution in [0.15, 0.2) is 115 Å². The lowest BCUT2D eigenvalue weighted by Crippen LogP contribution is -2.06. The van der Waals surface area contributed by atoms with Crippen LogP contribution in [0.1, 0.15) is 36.1 Å². The molecule has 0 fully saturated rings. The molecule has 8 rings (SSSR count). The highest BCUT2D eigenvalue weighted by molar-refractivity contribution is 6.10. The van der Waals surface area contributed by atoms with E-state index in [0.717, 1.165) is 39.8 Å². The Labute approximate surface area is 238 Å². The Morgan fingerprint density at radius 1 is 0.732 bits per heavy atom. The third kappa shape index (κ3) is 3.56. The second-order valence-electron chi connectivity index (χ2n) is 10.8. The van der Waals surface area contributed by atoms with Gasteiger partial charge in [-0.2, -0.15) is 5.26 Å². The van der Waals surface area contributed by atoms with Gasteiger partial charge in [-0.1, -0.05) is 61.5 Å². The second-order valence-corrected chi connectivity index (χ2v) is 10.8. The molecule has 7 aromatic rings. The van der Waals surface area contributed by atoms with Crippen molar-refractivity contribution in [2.45, 2.75) is 19.3 Å². The first-order valence-electron chi connectivity index (χ1n) is 14.0. The number of benzene rings is 4. The molecule has 3 aromatic heterocycles. The van der Waals surface area contributed by atoms with Gasteiger partial charge >= 0.3 is 0 Å². The van der Waals surface area contributed by atoms with E-state index in [4.69, 9.17) is 4.98 Å². The average molecular weight is 527 g/mol. The molecule has 0 aliphatic heterocycles. The summed E-state index contributed by atoms with van der Waals surface area (Å²) < 4.78 is 4.67.